The monoisotopic (exact) mass is 549 g/mol. The highest BCUT2D eigenvalue weighted by molar-refractivity contribution is 7.89. The summed E-state index contributed by atoms with van der Waals surface area (Å²) >= 11 is 0. The van der Waals surface area contributed by atoms with Crippen LogP contribution >= 0.6 is 0 Å². The van der Waals surface area contributed by atoms with Gasteiger partial charge in [0.15, 0.2) is 11.6 Å². The second kappa shape index (κ2) is 10.6. The summed E-state index contributed by atoms with van der Waals surface area (Å²) < 4.78 is 66.3. The van der Waals surface area contributed by atoms with E-state index in [2.05, 4.69) is 15.1 Å². The fraction of sp³-hybridized carbons (Fsp3) is 0.462. The van der Waals surface area contributed by atoms with E-state index in [1.807, 2.05) is 13.0 Å². The van der Waals surface area contributed by atoms with Gasteiger partial charge in [0.05, 0.1) is 28.3 Å². The first-order valence-electron chi connectivity index (χ1n) is 12.3. The van der Waals surface area contributed by atoms with E-state index in [0.717, 1.165) is 29.1 Å². The number of pyridine rings is 2. The minimum Gasteiger partial charge on any atom is -0.294 e. The van der Waals surface area contributed by atoms with Gasteiger partial charge >= 0.3 is 6.18 Å². The van der Waals surface area contributed by atoms with E-state index >= 15 is 0 Å². The molecule has 1 aliphatic rings. The van der Waals surface area contributed by atoms with Crippen molar-refractivity contribution in [1.29, 1.82) is 0 Å². The summed E-state index contributed by atoms with van der Waals surface area (Å²) in [5, 5.41) is 3.71. The van der Waals surface area contributed by atoms with Gasteiger partial charge in [0.1, 0.15) is 0 Å². The van der Waals surface area contributed by atoms with Crippen LogP contribution in [0.3, 0.4) is 0 Å². The molecule has 0 unspecified atom stereocenters. The first-order valence-corrected chi connectivity index (χ1v) is 13.8. The van der Waals surface area contributed by atoms with Crippen LogP contribution in [0, 0.1) is 13.8 Å². The van der Waals surface area contributed by atoms with E-state index in [9.17, 15) is 26.4 Å². The number of rotatable bonds is 7. The second-order valence-corrected chi connectivity index (χ2v) is 12.4. The van der Waals surface area contributed by atoms with Crippen LogP contribution in [0.1, 0.15) is 71.0 Å². The van der Waals surface area contributed by atoms with E-state index < -0.39 is 27.0 Å². The number of hydrogen-bond acceptors (Lipinski definition) is 6. The molecule has 0 bridgehead atoms. The van der Waals surface area contributed by atoms with Crippen LogP contribution in [0.5, 0.6) is 0 Å². The topological polar surface area (TPSA) is 98.1 Å². The van der Waals surface area contributed by atoms with E-state index in [1.54, 1.807) is 31.3 Å². The first-order chi connectivity index (χ1) is 17.8. The molecule has 0 N–H and O–H groups in total. The highest BCUT2D eigenvalue weighted by atomic mass is 32.2. The molecule has 204 valence electrons. The maximum Gasteiger partial charge on any atom is 0.417 e. The lowest BCUT2D eigenvalue weighted by molar-refractivity contribution is -0.137. The molecule has 38 heavy (non-hydrogen) atoms. The quantitative estimate of drug-likeness (QED) is 0.398. The van der Waals surface area contributed by atoms with Gasteiger partial charge in [0.25, 0.3) is 0 Å². The number of aryl methyl sites for hydroxylation is 1. The summed E-state index contributed by atoms with van der Waals surface area (Å²) in [5.74, 6) is 0.139. The zero-order valence-electron chi connectivity index (χ0n) is 21.7. The highest BCUT2D eigenvalue weighted by Crippen LogP contribution is 2.31. The van der Waals surface area contributed by atoms with Crippen molar-refractivity contribution in [2.45, 2.75) is 64.3 Å². The molecule has 0 spiro atoms. The molecule has 12 heteroatoms. The predicted octanol–water partition coefficient (Wildman–Crippen LogP) is 4.64. The fourth-order valence-electron chi connectivity index (χ4n) is 4.72. The van der Waals surface area contributed by atoms with Crippen molar-refractivity contribution in [2.24, 2.45) is 0 Å². The molecule has 4 heterocycles. The number of alkyl halides is 3. The summed E-state index contributed by atoms with van der Waals surface area (Å²) in [6.07, 6.45) is 0.786. The van der Waals surface area contributed by atoms with Gasteiger partial charge in [0, 0.05) is 43.5 Å². The minimum absolute atomic E-state index is 0.0895. The normalized spacial score (nSPS) is 15.8. The number of aromatic nitrogens is 4. The lowest BCUT2D eigenvalue weighted by Gasteiger charge is -2.32. The van der Waals surface area contributed by atoms with E-state index in [0.29, 0.717) is 37.2 Å². The van der Waals surface area contributed by atoms with E-state index in [4.69, 9.17) is 0 Å². The molecule has 0 atom stereocenters. The number of carbonyl (C=O) groups excluding carboxylic acids is 1. The number of Topliss-reactive ketones (excluding diaryl/α,β-unsaturated/α-hetero) is 1. The number of halogens is 3. The molecule has 8 nitrogen and oxygen atoms in total. The molecule has 1 saturated heterocycles. The maximum absolute atomic E-state index is 13.0. The van der Waals surface area contributed by atoms with Crippen LogP contribution in [-0.4, -0.2) is 56.6 Å². The molecule has 0 aromatic carbocycles. The van der Waals surface area contributed by atoms with Gasteiger partial charge in [-0.3, -0.25) is 9.78 Å². The molecule has 0 amide bonds. The Balaban J connectivity index is 1.43. The molecule has 3 aromatic rings. The average molecular weight is 550 g/mol. The van der Waals surface area contributed by atoms with Crippen molar-refractivity contribution < 1.29 is 26.4 Å². The van der Waals surface area contributed by atoms with Gasteiger partial charge in [-0.25, -0.2) is 22.4 Å². The Morgan fingerprint density at radius 3 is 2.32 bits per heavy atom. The Kier molecular flexibility index (Phi) is 7.76. The number of sulfonamides is 1. The van der Waals surface area contributed by atoms with Gasteiger partial charge < -0.3 is 0 Å². The molecular formula is C26H30F3N5O3S. The van der Waals surface area contributed by atoms with Gasteiger partial charge in [-0.15, -0.1) is 0 Å². The van der Waals surface area contributed by atoms with Gasteiger partial charge in [-0.2, -0.15) is 18.3 Å². The summed E-state index contributed by atoms with van der Waals surface area (Å²) in [7, 11) is -3.27. The fourth-order valence-corrected chi connectivity index (χ4v) is 6.04. The molecular weight excluding hydrogens is 519 g/mol. The predicted molar refractivity (Wildman–Crippen MR) is 136 cm³/mol. The number of hydrogen-bond donors (Lipinski definition) is 0. The largest absolute Gasteiger partial charge is 0.417 e. The third-order valence-electron chi connectivity index (χ3n) is 6.94. The number of carbonyl (C=O) groups is 1. The lowest BCUT2D eigenvalue weighted by atomic mass is 9.91. The van der Waals surface area contributed by atoms with Crippen molar-refractivity contribution in [3.8, 4) is 5.82 Å². The molecule has 4 rings (SSSR count). The van der Waals surface area contributed by atoms with Crippen molar-refractivity contribution >= 4 is 15.8 Å². The molecule has 0 saturated carbocycles. The minimum atomic E-state index is -4.49. The Morgan fingerprint density at radius 2 is 1.76 bits per heavy atom. The lowest BCUT2D eigenvalue weighted by Crippen LogP contribution is -2.41. The summed E-state index contributed by atoms with van der Waals surface area (Å²) in [6, 6.07) is 4.06. The zero-order valence-corrected chi connectivity index (χ0v) is 22.5. The van der Waals surface area contributed by atoms with Crippen LogP contribution in [0.25, 0.3) is 5.82 Å². The zero-order chi connectivity index (χ0) is 27.8. The van der Waals surface area contributed by atoms with Crippen molar-refractivity contribution in [3.05, 3.63) is 70.4 Å². The van der Waals surface area contributed by atoms with E-state index in [-0.39, 0.29) is 23.9 Å². The summed E-state index contributed by atoms with van der Waals surface area (Å²) in [4.78, 5) is 21.5. The molecule has 1 fully saturated rings. The number of nitrogens with zero attached hydrogens (tertiary/aromatic N) is 5. The standard InChI is InChI=1S/C26H30F3N5O3S/c1-16(2)38(36,37)33-9-7-20(8-10-33)25-17(3)11-19(13-31-25)12-23(35)22-15-32-34(18(22)4)24-6-5-21(14-30-24)26(27,28)29/h5-6,11,13-16,20H,7-10,12H2,1-4H3. The Labute approximate surface area is 220 Å². The SMILES string of the molecule is Cc1cc(CC(=O)c2cnn(-c3ccc(C(F)(F)F)cn3)c2C)cnc1C1CCN(S(=O)(=O)C(C)C)CC1. The van der Waals surface area contributed by atoms with Crippen LogP contribution < -0.4 is 0 Å². The number of ketones is 1. The highest BCUT2D eigenvalue weighted by Gasteiger charge is 2.32. The van der Waals surface area contributed by atoms with Gasteiger partial charge in [-0.05, 0) is 63.8 Å². The molecule has 0 aliphatic carbocycles. The van der Waals surface area contributed by atoms with Crippen molar-refractivity contribution in [1.82, 2.24) is 24.1 Å². The Hall–Kier alpha value is -3.12. The first kappa shape index (κ1) is 27.9. The molecule has 1 aliphatic heterocycles. The van der Waals surface area contributed by atoms with Crippen LogP contribution in [0.4, 0.5) is 13.2 Å². The smallest absolute Gasteiger partial charge is 0.294 e. The van der Waals surface area contributed by atoms with Crippen LogP contribution in [-0.2, 0) is 22.6 Å². The maximum atomic E-state index is 13.0. The Morgan fingerprint density at radius 1 is 1.08 bits per heavy atom. The van der Waals surface area contributed by atoms with Crippen molar-refractivity contribution in [3.63, 3.8) is 0 Å². The summed E-state index contributed by atoms with van der Waals surface area (Å²) in [6.45, 7) is 7.90. The van der Waals surface area contributed by atoms with Gasteiger partial charge in [-0.1, -0.05) is 6.07 Å². The number of piperidine rings is 1. The Bertz CT molecular complexity index is 1430. The second-order valence-electron chi connectivity index (χ2n) is 9.87. The van der Waals surface area contributed by atoms with Crippen molar-refractivity contribution in [2.75, 3.05) is 13.1 Å². The molecule has 3 aromatic heterocycles. The van der Waals surface area contributed by atoms with Gasteiger partial charge in [0.2, 0.25) is 10.0 Å². The average Bonchev–Trinajstić information content (AvgIpc) is 3.25. The van der Waals surface area contributed by atoms with Crippen LogP contribution in [0.2, 0.25) is 0 Å². The van der Waals surface area contributed by atoms with E-state index in [1.165, 1.54) is 16.9 Å². The van der Waals surface area contributed by atoms with Crippen LogP contribution in [0.15, 0.2) is 36.8 Å². The summed E-state index contributed by atoms with van der Waals surface area (Å²) in [5.41, 5.74) is 2.57. The third-order valence-corrected chi connectivity index (χ3v) is 9.22. The third kappa shape index (κ3) is 5.65. The molecule has 0 radical (unpaired) electrons.